The van der Waals surface area contributed by atoms with Gasteiger partial charge in [-0.25, -0.2) is 4.79 Å². The Morgan fingerprint density at radius 1 is 1.03 bits per heavy atom. The number of hydrogen-bond acceptors (Lipinski definition) is 4. The van der Waals surface area contributed by atoms with E-state index in [4.69, 9.17) is 9.47 Å². The van der Waals surface area contributed by atoms with E-state index in [0.717, 1.165) is 22.4 Å². The van der Waals surface area contributed by atoms with Crippen LogP contribution in [0.25, 0.3) is 5.57 Å². The Morgan fingerprint density at radius 3 is 2.40 bits per heavy atom. The molecule has 0 bridgehead atoms. The van der Waals surface area contributed by atoms with Crippen LogP contribution in [0.1, 0.15) is 23.7 Å². The highest BCUT2D eigenvalue weighted by Crippen LogP contribution is 2.22. The molecular formula is C25H25NO4. The number of aromatic nitrogens is 1. The highest BCUT2D eigenvalue weighted by atomic mass is 16.5. The van der Waals surface area contributed by atoms with Crippen molar-refractivity contribution in [1.82, 2.24) is 4.98 Å². The molecule has 2 aromatic carbocycles. The van der Waals surface area contributed by atoms with Crippen molar-refractivity contribution in [2.75, 3.05) is 13.2 Å². The summed E-state index contributed by atoms with van der Waals surface area (Å²) in [6.07, 6.45) is 3.28. The van der Waals surface area contributed by atoms with Crippen molar-refractivity contribution in [3.05, 3.63) is 102 Å². The monoisotopic (exact) mass is 403 g/mol. The quantitative estimate of drug-likeness (QED) is 0.535. The SMILES string of the molecule is CCOC(Cc1ccc(OCC=C(c2ccccc2)c2ccccn2)cc1)C(=O)O. The molecule has 154 valence electrons. The molecule has 0 saturated heterocycles. The predicted molar refractivity (Wildman–Crippen MR) is 116 cm³/mol. The van der Waals surface area contributed by atoms with Crippen molar-refractivity contribution in [2.45, 2.75) is 19.4 Å². The van der Waals surface area contributed by atoms with Gasteiger partial charge in [-0.1, -0.05) is 48.5 Å². The van der Waals surface area contributed by atoms with Crippen LogP contribution in [0.5, 0.6) is 5.75 Å². The fourth-order valence-corrected chi connectivity index (χ4v) is 3.09. The maximum absolute atomic E-state index is 11.2. The number of carbonyl (C=O) groups is 1. The van der Waals surface area contributed by atoms with Gasteiger partial charge in [0.25, 0.3) is 0 Å². The van der Waals surface area contributed by atoms with Crippen LogP contribution >= 0.6 is 0 Å². The van der Waals surface area contributed by atoms with Gasteiger partial charge in [-0.2, -0.15) is 0 Å². The zero-order valence-electron chi connectivity index (χ0n) is 16.9. The summed E-state index contributed by atoms with van der Waals surface area (Å²) in [5.41, 5.74) is 3.86. The molecular weight excluding hydrogens is 378 g/mol. The normalized spacial score (nSPS) is 12.4. The molecule has 5 heteroatoms. The molecule has 0 saturated carbocycles. The number of rotatable bonds is 10. The summed E-state index contributed by atoms with van der Waals surface area (Å²) >= 11 is 0. The topological polar surface area (TPSA) is 68.7 Å². The van der Waals surface area contributed by atoms with Crippen LogP contribution in [-0.4, -0.2) is 35.4 Å². The summed E-state index contributed by atoms with van der Waals surface area (Å²) in [6, 6.07) is 23.3. The number of carboxylic acid groups (broad SMARTS) is 1. The third-order valence-electron chi connectivity index (χ3n) is 4.55. The van der Waals surface area contributed by atoms with Gasteiger partial charge in [-0.05, 0) is 48.4 Å². The molecule has 0 aliphatic carbocycles. The van der Waals surface area contributed by atoms with Gasteiger partial charge in [0.15, 0.2) is 6.10 Å². The second-order valence-electron chi connectivity index (χ2n) is 6.64. The number of aliphatic carboxylic acids is 1. The van der Waals surface area contributed by atoms with Crippen LogP contribution in [0, 0.1) is 0 Å². The second kappa shape index (κ2) is 10.9. The Morgan fingerprint density at radius 2 is 1.77 bits per heavy atom. The number of nitrogens with zero attached hydrogens (tertiary/aromatic N) is 1. The van der Waals surface area contributed by atoms with Gasteiger partial charge in [0.05, 0.1) is 5.69 Å². The molecule has 1 unspecified atom stereocenters. The molecule has 0 amide bonds. The van der Waals surface area contributed by atoms with Gasteiger partial charge < -0.3 is 14.6 Å². The van der Waals surface area contributed by atoms with E-state index in [9.17, 15) is 9.90 Å². The van der Waals surface area contributed by atoms with Crippen molar-refractivity contribution in [2.24, 2.45) is 0 Å². The van der Waals surface area contributed by atoms with E-state index < -0.39 is 12.1 Å². The van der Waals surface area contributed by atoms with Crippen molar-refractivity contribution in [3.63, 3.8) is 0 Å². The number of benzene rings is 2. The Balaban J connectivity index is 1.67. The van der Waals surface area contributed by atoms with Crippen molar-refractivity contribution in [3.8, 4) is 5.75 Å². The molecule has 0 spiro atoms. The summed E-state index contributed by atoms with van der Waals surface area (Å²) in [7, 11) is 0. The zero-order chi connectivity index (χ0) is 21.2. The molecule has 1 N–H and O–H groups in total. The highest BCUT2D eigenvalue weighted by Gasteiger charge is 2.17. The van der Waals surface area contributed by atoms with E-state index in [-0.39, 0.29) is 0 Å². The lowest BCUT2D eigenvalue weighted by Crippen LogP contribution is -2.26. The minimum Gasteiger partial charge on any atom is -0.490 e. The van der Waals surface area contributed by atoms with E-state index in [2.05, 4.69) is 4.98 Å². The third-order valence-corrected chi connectivity index (χ3v) is 4.55. The summed E-state index contributed by atoms with van der Waals surface area (Å²) in [5.74, 6) is -0.239. The Kier molecular flexibility index (Phi) is 7.75. The summed E-state index contributed by atoms with van der Waals surface area (Å²) in [6.45, 7) is 2.54. The Hall–Kier alpha value is -3.44. The zero-order valence-corrected chi connectivity index (χ0v) is 16.9. The van der Waals surface area contributed by atoms with E-state index in [1.54, 1.807) is 13.1 Å². The van der Waals surface area contributed by atoms with Crippen molar-refractivity contribution in [1.29, 1.82) is 0 Å². The molecule has 0 aliphatic rings. The van der Waals surface area contributed by atoms with Gasteiger partial charge in [-0.3, -0.25) is 4.98 Å². The molecule has 0 fully saturated rings. The number of hydrogen-bond donors (Lipinski definition) is 1. The van der Waals surface area contributed by atoms with Gasteiger partial charge in [-0.15, -0.1) is 0 Å². The minimum absolute atomic E-state index is 0.321. The first kappa shape index (κ1) is 21.3. The molecule has 1 atom stereocenters. The third kappa shape index (κ3) is 6.03. The first-order valence-electron chi connectivity index (χ1n) is 9.90. The minimum atomic E-state index is -0.953. The molecule has 0 aliphatic heterocycles. The van der Waals surface area contributed by atoms with Gasteiger partial charge in [0.2, 0.25) is 0 Å². The molecule has 3 aromatic rings. The van der Waals surface area contributed by atoms with Crippen LogP contribution in [0.15, 0.2) is 85.1 Å². The molecule has 1 aromatic heterocycles. The van der Waals surface area contributed by atoms with Crippen LogP contribution in [0.2, 0.25) is 0 Å². The average molecular weight is 403 g/mol. The van der Waals surface area contributed by atoms with Gasteiger partial charge in [0.1, 0.15) is 12.4 Å². The van der Waals surface area contributed by atoms with Crippen LogP contribution in [-0.2, 0) is 16.0 Å². The van der Waals surface area contributed by atoms with E-state index in [1.807, 2.05) is 78.9 Å². The first-order valence-corrected chi connectivity index (χ1v) is 9.90. The standard InChI is InChI=1S/C25H25NO4/c1-2-29-24(25(27)28)18-19-11-13-21(14-12-19)30-17-15-22(20-8-4-3-5-9-20)23-10-6-7-16-26-23/h3-16,24H,2,17-18H2,1H3,(H,27,28). The van der Waals surface area contributed by atoms with Crippen LogP contribution < -0.4 is 4.74 Å². The first-order chi connectivity index (χ1) is 14.7. The second-order valence-corrected chi connectivity index (χ2v) is 6.64. The van der Waals surface area contributed by atoms with E-state index in [0.29, 0.717) is 25.4 Å². The molecule has 5 nitrogen and oxygen atoms in total. The van der Waals surface area contributed by atoms with Gasteiger partial charge in [0, 0.05) is 24.8 Å². The van der Waals surface area contributed by atoms with Crippen LogP contribution in [0.3, 0.4) is 0 Å². The lowest BCUT2D eigenvalue weighted by atomic mass is 10.0. The lowest BCUT2D eigenvalue weighted by Gasteiger charge is -2.13. The Bertz CT molecular complexity index is 912. The molecule has 3 rings (SSSR count). The maximum atomic E-state index is 11.2. The fraction of sp³-hybridized carbons (Fsp3) is 0.200. The van der Waals surface area contributed by atoms with Crippen molar-refractivity contribution < 1.29 is 19.4 Å². The number of ether oxygens (including phenoxy) is 2. The summed E-state index contributed by atoms with van der Waals surface area (Å²) in [5, 5.41) is 9.22. The molecule has 1 heterocycles. The van der Waals surface area contributed by atoms with E-state index in [1.165, 1.54) is 0 Å². The summed E-state index contributed by atoms with van der Waals surface area (Å²) < 4.78 is 11.2. The smallest absolute Gasteiger partial charge is 0.333 e. The predicted octanol–water partition coefficient (Wildman–Crippen LogP) is 4.62. The fourth-order valence-electron chi connectivity index (χ4n) is 3.09. The molecule has 30 heavy (non-hydrogen) atoms. The van der Waals surface area contributed by atoms with Crippen molar-refractivity contribution >= 4 is 11.5 Å². The van der Waals surface area contributed by atoms with Crippen LogP contribution in [0.4, 0.5) is 0 Å². The number of pyridine rings is 1. The Labute approximate surface area is 176 Å². The summed E-state index contributed by atoms with van der Waals surface area (Å²) in [4.78, 5) is 15.7. The largest absolute Gasteiger partial charge is 0.490 e. The van der Waals surface area contributed by atoms with E-state index >= 15 is 0 Å². The highest BCUT2D eigenvalue weighted by molar-refractivity contribution is 5.77. The molecule has 0 radical (unpaired) electrons. The maximum Gasteiger partial charge on any atom is 0.333 e. The average Bonchev–Trinajstić information content (AvgIpc) is 2.78. The van der Waals surface area contributed by atoms with Gasteiger partial charge >= 0.3 is 5.97 Å². The lowest BCUT2D eigenvalue weighted by molar-refractivity contribution is -0.149. The number of carboxylic acids is 1.